The Hall–Kier alpha value is -2.70. The molecule has 0 radical (unpaired) electrons. The van der Waals surface area contributed by atoms with Crippen LogP contribution >= 0.6 is 0 Å². The normalized spacial score (nSPS) is 17.9. The molecule has 2 heterocycles. The van der Waals surface area contributed by atoms with Crippen molar-refractivity contribution in [1.29, 1.82) is 0 Å². The molecular weight excluding hydrogens is 347 g/mol. The van der Waals surface area contributed by atoms with Crippen LogP contribution in [0.1, 0.15) is 17.2 Å². The number of nitrogens with zero attached hydrogens (tertiary/aromatic N) is 1. The SMILES string of the molecule is COc1ccc2cc(CN3CCO[C@H](c4ccc(F)cc4)C3)c(=O)[nH]c2c1. The van der Waals surface area contributed by atoms with Gasteiger partial charge in [0.15, 0.2) is 0 Å². The minimum absolute atomic E-state index is 0.0967. The van der Waals surface area contributed by atoms with Crippen LogP contribution in [0, 0.1) is 5.82 Å². The van der Waals surface area contributed by atoms with Gasteiger partial charge in [0.1, 0.15) is 11.6 Å². The van der Waals surface area contributed by atoms with E-state index in [2.05, 4.69) is 9.88 Å². The van der Waals surface area contributed by atoms with Crippen molar-refractivity contribution in [2.45, 2.75) is 12.6 Å². The van der Waals surface area contributed by atoms with E-state index < -0.39 is 0 Å². The molecule has 0 amide bonds. The number of hydrogen-bond acceptors (Lipinski definition) is 4. The fourth-order valence-electron chi connectivity index (χ4n) is 3.44. The van der Waals surface area contributed by atoms with Crippen LogP contribution in [-0.4, -0.2) is 36.7 Å². The lowest BCUT2D eigenvalue weighted by molar-refractivity contribution is -0.0330. The van der Waals surface area contributed by atoms with Crippen molar-refractivity contribution in [1.82, 2.24) is 9.88 Å². The number of aromatic nitrogens is 1. The Balaban J connectivity index is 1.53. The van der Waals surface area contributed by atoms with Gasteiger partial charge in [0.2, 0.25) is 0 Å². The van der Waals surface area contributed by atoms with E-state index in [1.807, 2.05) is 24.3 Å². The molecule has 1 aliphatic rings. The molecule has 140 valence electrons. The van der Waals surface area contributed by atoms with Crippen molar-refractivity contribution >= 4 is 10.9 Å². The molecule has 6 heteroatoms. The van der Waals surface area contributed by atoms with Crippen molar-refractivity contribution in [2.75, 3.05) is 26.8 Å². The highest BCUT2D eigenvalue weighted by Crippen LogP contribution is 2.24. The van der Waals surface area contributed by atoms with Gasteiger partial charge in [-0.1, -0.05) is 12.1 Å². The van der Waals surface area contributed by atoms with Crippen molar-refractivity contribution in [3.8, 4) is 5.75 Å². The van der Waals surface area contributed by atoms with Gasteiger partial charge in [-0.2, -0.15) is 0 Å². The maximum absolute atomic E-state index is 13.1. The number of benzene rings is 2. The highest BCUT2D eigenvalue weighted by molar-refractivity contribution is 5.80. The Morgan fingerprint density at radius 3 is 2.81 bits per heavy atom. The van der Waals surface area contributed by atoms with E-state index >= 15 is 0 Å². The first kappa shape index (κ1) is 17.7. The number of rotatable bonds is 4. The van der Waals surface area contributed by atoms with Crippen LogP contribution in [0.15, 0.2) is 53.3 Å². The van der Waals surface area contributed by atoms with E-state index in [0.29, 0.717) is 31.0 Å². The van der Waals surface area contributed by atoms with Gasteiger partial charge in [-0.05, 0) is 41.3 Å². The summed E-state index contributed by atoms with van der Waals surface area (Å²) in [7, 11) is 1.60. The summed E-state index contributed by atoms with van der Waals surface area (Å²) in [6.07, 6.45) is -0.122. The van der Waals surface area contributed by atoms with Crippen LogP contribution < -0.4 is 10.3 Å². The molecule has 0 unspecified atom stereocenters. The van der Waals surface area contributed by atoms with Gasteiger partial charge in [-0.15, -0.1) is 0 Å². The lowest BCUT2D eigenvalue weighted by Crippen LogP contribution is -2.39. The summed E-state index contributed by atoms with van der Waals surface area (Å²) >= 11 is 0. The number of methoxy groups -OCH3 is 1. The topological polar surface area (TPSA) is 54.6 Å². The van der Waals surface area contributed by atoms with E-state index in [1.54, 1.807) is 19.2 Å². The Morgan fingerprint density at radius 2 is 2.04 bits per heavy atom. The van der Waals surface area contributed by atoms with Gasteiger partial charge in [-0.3, -0.25) is 9.69 Å². The number of morpholine rings is 1. The van der Waals surface area contributed by atoms with Crippen molar-refractivity contribution in [3.05, 3.63) is 75.8 Å². The predicted octanol–water partition coefficient (Wildman–Crippen LogP) is 3.25. The number of ether oxygens (including phenoxy) is 2. The molecule has 0 spiro atoms. The van der Waals surface area contributed by atoms with Crippen LogP contribution in [0.5, 0.6) is 5.75 Å². The fraction of sp³-hybridized carbons (Fsp3) is 0.286. The Bertz CT molecular complexity index is 1000. The Morgan fingerprint density at radius 1 is 1.22 bits per heavy atom. The van der Waals surface area contributed by atoms with Crippen LogP contribution in [-0.2, 0) is 11.3 Å². The second-order valence-electron chi connectivity index (χ2n) is 6.72. The molecule has 1 atom stereocenters. The highest BCUT2D eigenvalue weighted by Gasteiger charge is 2.22. The molecule has 3 aromatic rings. The van der Waals surface area contributed by atoms with Crippen LogP contribution in [0.2, 0.25) is 0 Å². The monoisotopic (exact) mass is 368 g/mol. The second kappa shape index (κ2) is 7.50. The molecule has 0 bridgehead atoms. The summed E-state index contributed by atoms with van der Waals surface area (Å²) in [4.78, 5) is 17.6. The summed E-state index contributed by atoms with van der Waals surface area (Å²) in [6.45, 7) is 2.52. The third kappa shape index (κ3) is 3.86. The number of pyridine rings is 1. The first-order chi connectivity index (χ1) is 13.1. The number of hydrogen-bond donors (Lipinski definition) is 1. The molecule has 1 saturated heterocycles. The van der Waals surface area contributed by atoms with Crippen molar-refractivity contribution in [3.63, 3.8) is 0 Å². The molecule has 2 aromatic carbocycles. The molecule has 4 rings (SSSR count). The minimum Gasteiger partial charge on any atom is -0.497 e. The predicted molar refractivity (Wildman–Crippen MR) is 101 cm³/mol. The number of aromatic amines is 1. The van der Waals surface area contributed by atoms with E-state index in [4.69, 9.17) is 9.47 Å². The third-order valence-corrected chi connectivity index (χ3v) is 4.92. The van der Waals surface area contributed by atoms with Crippen LogP contribution in [0.3, 0.4) is 0 Å². The number of fused-ring (bicyclic) bond motifs is 1. The minimum atomic E-state index is -0.259. The van der Waals surface area contributed by atoms with Gasteiger partial charge in [-0.25, -0.2) is 4.39 Å². The standard InChI is InChI=1S/C21H21FN2O3/c1-26-18-7-4-15-10-16(21(25)23-19(15)11-18)12-24-8-9-27-20(13-24)14-2-5-17(22)6-3-14/h2-7,10-11,20H,8-9,12-13H2,1H3,(H,23,25)/t20-/m0/s1. The number of H-pyrrole nitrogens is 1. The van der Waals surface area contributed by atoms with E-state index in [1.165, 1.54) is 12.1 Å². The molecule has 0 saturated carbocycles. The number of nitrogens with one attached hydrogen (secondary N) is 1. The summed E-state index contributed by atoms with van der Waals surface area (Å²) in [6, 6.07) is 14.0. The van der Waals surface area contributed by atoms with Gasteiger partial charge in [0, 0.05) is 31.3 Å². The summed E-state index contributed by atoms with van der Waals surface area (Å²) < 4.78 is 24.2. The molecule has 27 heavy (non-hydrogen) atoms. The van der Waals surface area contributed by atoms with Gasteiger partial charge in [0.25, 0.3) is 5.56 Å². The smallest absolute Gasteiger partial charge is 0.252 e. The van der Waals surface area contributed by atoms with Crippen molar-refractivity contribution in [2.24, 2.45) is 0 Å². The zero-order chi connectivity index (χ0) is 18.8. The van der Waals surface area contributed by atoms with E-state index in [-0.39, 0.29) is 17.5 Å². The van der Waals surface area contributed by atoms with E-state index in [9.17, 15) is 9.18 Å². The van der Waals surface area contributed by atoms with Crippen LogP contribution in [0.4, 0.5) is 4.39 Å². The molecule has 1 N–H and O–H groups in total. The quantitative estimate of drug-likeness (QED) is 0.768. The summed E-state index contributed by atoms with van der Waals surface area (Å²) in [5, 5.41) is 0.966. The van der Waals surface area contributed by atoms with Gasteiger partial charge in [0.05, 0.1) is 25.3 Å². The lowest BCUT2D eigenvalue weighted by Gasteiger charge is -2.33. The zero-order valence-electron chi connectivity index (χ0n) is 15.1. The second-order valence-corrected chi connectivity index (χ2v) is 6.72. The summed E-state index contributed by atoms with van der Waals surface area (Å²) in [5.74, 6) is 0.451. The van der Waals surface area contributed by atoms with Gasteiger partial charge < -0.3 is 14.5 Å². The average molecular weight is 368 g/mol. The molecular formula is C21H21FN2O3. The van der Waals surface area contributed by atoms with Gasteiger partial charge >= 0.3 is 0 Å². The Kier molecular flexibility index (Phi) is 4.92. The molecule has 0 aliphatic carbocycles. The molecule has 1 aromatic heterocycles. The molecule has 5 nitrogen and oxygen atoms in total. The van der Waals surface area contributed by atoms with Crippen molar-refractivity contribution < 1.29 is 13.9 Å². The first-order valence-electron chi connectivity index (χ1n) is 8.92. The first-order valence-corrected chi connectivity index (χ1v) is 8.92. The average Bonchev–Trinajstić information content (AvgIpc) is 2.69. The van der Waals surface area contributed by atoms with E-state index in [0.717, 1.165) is 23.0 Å². The molecule has 1 aliphatic heterocycles. The summed E-state index contributed by atoms with van der Waals surface area (Å²) in [5.41, 5.74) is 2.32. The molecule has 1 fully saturated rings. The largest absolute Gasteiger partial charge is 0.497 e. The third-order valence-electron chi connectivity index (χ3n) is 4.92. The fourth-order valence-corrected chi connectivity index (χ4v) is 3.44. The highest BCUT2D eigenvalue weighted by atomic mass is 19.1. The van der Waals surface area contributed by atoms with Crippen LogP contribution in [0.25, 0.3) is 10.9 Å². The zero-order valence-corrected chi connectivity index (χ0v) is 15.1. The Labute approximate surface area is 156 Å². The maximum atomic E-state index is 13.1. The maximum Gasteiger partial charge on any atom is 0.252 e. The lowest BCUT2D eigenvalue weighted by atomic mass is 10.1. The number of halogens is 1.